The summed E-state index contributed by atoms with van der Waals surface area (Å²) in [6.45, 7) is 4.30. The standard InChI is InChI=1S/C16H23FN2O/c1-11(15-10-12(17)2-5-16(15)20)18-13-6-8-19(9-7-13)14-3-4-14/h2,5,10-11,13-14,18,20H,3-4,6-9H2,1H3. The van der Waals surface area contributed by atoms with E-state index in [1.807, 2.05) is 6.92 Å². The number of likely N-dealkylation sites (tertiary alicyclic amines) is 1. The molecule has 2 aliphatic rings. The summed E-state index contributed by atoms with van der Waals surface area (Å²) in [5, 5.41) is 13.4. The third-order valence-corrected chi connectivity index (χ3v) is 4.53. The minimum absolute atomic E-state index is 0.0248. The van der Waals surface area contributed by atoms with Crippen LogP contribution in [0.1, 0.15) is 44.2 Å². The molecule has 1 unspecified atom stereocenters. The Labute approximate surface area is 119 Å². The lowest BCUT2D eigenvalue weighted by Crippen LogP contribution is -2.44. The third-order valence-electron chi connectivity index (χ3n) is 4.53. The van der Waals surface area contributed by atoms with Crippen LogP contribution < -0.4 is 5.32 Å². The van der Waals surface area contributed by atoms with Crippen LogP contribution in [0.2, 0.25) is 0 Å². The first-order valence-electron chi connectivity index (χ1n) is 7.62. The predicted octanol–water partition coefficient (Wildman–Crippen LogP) is 2.81. The number of halogens is 1. The minimum Gasteiger partial charge on any atom is -0.508 e. The molecule has 0 spiro atoms. The summed E-state index contributed by atoms with van der Waals surface area (Å²) in [4.78, 5) is 2.59. The molecule has 1 saturated carbocycles. The van der Waals surface area contributed by atoms with Crippen LogP contribution in [-0.2, 0) is 0 Å². The Balaban J connectivity index is 1.56. The number of piperidine rings is 1. The van der Waals surface area contributed by atoms with E-state index in [1.54, 1.807) is 0 Å². The van der Waals surface area contributed by atoms with Crippen LogP contribution in [0.5, 0.6) is 5.75 Å². The SMILES string of the molecule is CC(NC1CCN(C2CC2)CC1)c1cc(F)ccc1O. The summed E-state index contributed by atoms with van der Waals surface area (Å²) in [6, 6.07) is 5.43. The van der Waals surface area contributed by atoms with Crippen LogP contribution in [0.3, 0.4) is 0 Å². The van der Waals surface area contributed by atoms with E-state index in [9.17, 15) is 9.50 Å². The molecule has 1 aliphatic carbocycles. The molecule has 0 bridgehead atoms. The van der Waals surface area contributed by atoms with Gasteiger partial charge in [0.25, 0.3) is 0 Å². The molecule has 20 heavy (non-hydrogen) atoms. The van der Waals surface area contributed by atoms with Crippen molar-refractivity contribution in [3.63, 3.8) is 0 Å². The number of nitrogens with zero attached hydrogens (tertiary/aromatic N) is 1. The number of nitrogens with one attached hydrogen (secondary N) is 1. The topological polar surface area (TPSA) is 35.5 Å². The van der Waals surface area contributed by atoms with Crippen molar-refractivity contribution in [1.82, 2.24) is 10.2 Å². The number of aromatic hydroxyl groups is 1. The average Bonchev–Trinajstić information content (AvgIpc) is 3.27. The summed E-state index contributed by atoms with van der Waals surface area (Å²) in [5.74, 6) is -0.128. The molecule has 0 amide bonds. The average molecular weight is 278 g/mol. The van der Waals surface area contributed by atoms with E-state index >= 15 is 0 Å². The van der Waals surface area contributed by atoms with E-state index in [1.165, 1.54) is 31.0 Å². The van der Waals surface area contributed by atoms with E-state index in [0.29, 0.717) is 11.6 Å². The second-order valence-corrected chi connectivity index (χ2v) is 6.13. The van der Waals surface area contributed by atoms with Crippen molar-refractivity contribution in [3.05, 3.63) is 29.6 Å². The summed E-state index contributed by atoms with van der Waals surface area (Å²) >= 11 is 0. The van der Waals surface area contributed by atoms with Crippen LogP contribution in [0.25, 0.3) is 0 Å². The van der Waals surface area contributed by atoms with Gasteiger partial charge in [-0.2, -0.15) is 0 Å². The van der Waals surface area contributed by atoms with Gasteiger partial charge in [0.05, 0.1) is 0 Å². The van der Waals surface area contributed by atoms with Crippen molar-refractivity contribution >= 4 is 0 Å². The fourth-order valence-corrected chi connectivity index (χ4v) is 3.19. The summed E-state index contributed by atoms with van der Waals surface area (Å²) < 4.78 is 13.3. The minimum atomic E-state index is -0.296. The van der Waals surface area contributed by atoms with Gasteiger partial charge in [0, 0.05) is 23.7 Å². The molecule has 2 fully saturated rings. The maximum atomic E-state index is 13.3. The molecule has 2 N–H and O–H groups in total. The van der Waals surface area contributed by atoms with E-state index in [-0.39, 0.29) is 17.6 Å². The number of rotatable bonds is 4. The molecule has 3 rings (SSSR count). The highest BCUT2D eigenvalue weighted by Crippen LogP contribution is 2.30. The van der Waals surface area contributed by atoms with Crippen molar-refractivity contribution < 1.29 is 9.50 Å². The first-order chi connectivity index (χ1) is 9.63. The maximum Gasteiger partial charge on any atom is 0.123 e. The lowest BCUT2D eigenvalue weighted by Gasteiger charge is -2.34. The summed E-state index contributed by atoms with van der Waals surface area (Å²) in [5.41, 5.74) is 0.648. The highest BCUT2D eigenvalue weighted by atomic mass is 19.1. The molecule has 0 aromatic heterocycles. The van der Waals surface area contributed by atoms with Gasteiger partial charge in [-0.3, -0.25) is 0 Å². The number of benzene rings is 1. The van der Waals surface area contributed by atoms with Gasteiger partial charge in [0.2, 0.25) is 0 Å². The largest absolute Gasteiger partial charge is 0.508 e. The lowest BCUT2D eigenvalue weighted by molar-refractivity contribution is 0.184. The van der Waals surface area contributed by atoms with E-state index in [4.69, 9.17) is 0 Å². The third kappa shape index (κ3) is 3.13. The fraction of sp³-hybridized carbons (Fsp3) is 0.625. The zero-order valence-corrected chi connectivity index (χ0v) is 12.0. The molecule has 1 aromatic rings. The molecular weight excluding hydrogens is 255 g/mol. The van der Waals surface area contributed by atoms with Gasteiger partial charge in [0.1, 0.15) is 11.6 Å². The lowest BCUT2D eigenvalue weighted by atomic mass is 10.0. The van der Waals surface area contributed by atoms with E-state index < -0.39 is 0 Å². The fourth-order valence-electron chi connectivity index (χ4n) is 3.19. The van der Waals surface area contributed by atoms with Gasteiger partial charge in [-0.15, -0.1) is 0 Å². The Bertz CT molecular complexity index is 468. The quantitative estimate of drug-likeness (QED) is 0.889. The maximum absolute atomic E-state index is 13.3. The summed E-state index contributed by atoms with van der Waals surface area (Å²) in [6.07, 6.45) is 5.01. The number of hydrogen-bond donors (Lipinski definition) is 2. The predicted molar refractivity (Wildman–Crippen MR) is 77.2 cm³/mol. The monoisotopic (exact) mass is 278 g/mol. The van der Waals surface area contributed by atoms with E-state index in [0.717, 1.165) is 32.0 Å². The van der Waals surface area contributed by atoms with Crippen molar-refractivity contribution in [2.45, 2.75) is 50.7 Å². The second-order valence-electron chi connectivity index (χ2n) is 6.13. The molecule has 1 atom stereocenters. The number of phenols is 1. The van der Waals surface area contributed by atoms with Gasteiger partial charge in [-0.1, -0.05) is 0 Å². The second kappa shape index (κ2) is 5.70. The van der Waals surface area contributed by atoms with Crippen molar-refractivity contribution in [2.24, 2.45) is 0 Å². The highest BCUT2D eigenvalue weighted by molar-refractivity contribution is 5.34. The normalized spacial score (nSPS) is 22.9. The van der Waals surface area contributed by atoms with E-state index in [2.05, 4.69) is 10.2 Å². The van der Waals surface area contributed by atoms with Crippen LogP contribution in [-0.4, -0.2) is 35.2 Å². The molecule has 110 valence electrons. The van der Waals surface area contributed by atoms with Gasteiger partial charge < -0.3 is 15.3 Å². The first-order valence-corrected chi connectivity index (χ1v) is 7.62. The molecular formula is C16H23FN2O. The van der Waals surface area contributed by atoms with Gasteiger partial charge in [-0.25, -0.2) is 4.39 Å². The van der Waals surface area contributed by atoms with Crippen molar-refractivity contribution in [3.8, 4) is 5.75 Å². The van der Waals surface area contributed by atoms with Gasteiger partial charge in [-0.05, 0) is 63.9 Å². The molecule has 3 nitrogen and oxygen atoms in total. The zero-order valence-electron chi connectivity index (χ0n) is 12.0. The Kier molecular flexibility index (Phi) is 3.94. The summed E-state index contributed by atoms with van der Waals surface area (Å²) in [7, 11) is 0. The molecule has 1 saturated heterocycles. The van der Waals surface area contributed by atoms with Crippen LogP contribution in [0, 0.1) is 5.82 Å². The van der Waals surface area contributed by atoms with Crippen molar-refractivity contribution in [2.75, 3.05) is 13.1 Å². The molecule has 1 heterocycles. The Morgan fingerprint density at radius 1 is 1.25 bits per heavy atom. The highest BCUT2D eigenvalue weighted by Gasteiger charge is 2.32. The Morgan fingerprint density at radius 2 is 1.95 bits per heavy atom. The molecule has 1 aromatic carbocycles. The first kappa shape index (κ1) is 13.8. The Hall–Kier alpha value is -1.13. The molecule has 0 radical (unpaired) electrons. The number of hydrogen-bond acceptors (Lipinski definition) is 3. The Morgan fingerprint density at radius 3 is 2.60 bits per heavy atom. The number of phenolic OH excluding ortho intramolecular Hbond substituents is 1. The zero-order chi connectivity index (χ0) is 14.1. The van der Waals surface area contributed by atoms with Crippen LogP contribution in [0.15, 0.2) is 18.2 Å². The molecule has 4 heteroatoms. The van der Waals surface area contributed by atoms with Crippen LogP contribution >= 0.6 is 0 Å². The smallest absolute Gasteiger partial charge is 0.123 e. The van der Waals surface area contributed by atoms with Crippen LogP contribution in [0.4, 0.5) is 4.39 Å². The van der Waals surface area contributed by atoms with Gasteiger partial charge >= 0.3 is 0 Å². The molecule has 1 aliphatic heterocycles. The van der Waals surface area contributed by atoms with Crippen molar-refractivity contribution in [1.29, 1.82) is 0 Å². The van der Waals surface area contributed by atoms with Gasteiger partial charge in [0.15, 0.2) is 0 Å².